The number of nitrogens with zero attached hydrogens (tertiary/aromatic N) is 3. The summed E-state index contributed by atoms with van der Waals surface area (Å²) in [5, 5.41) is 21.8. The number of methoxy groups -OCH3 is 2. The highest BCUT2D eigenvalue weighted by Crippen LogP contribution is 2.47. The molecule has 0 unspecified atom stereocenters. The second kappa shape index (κ2) is 17.6. The molecule has 362 valence electrons. The number of nitrogens with one attached hydrogen (secondary N) is 2. The number of ether oxygens (including phenoxy) is 2. The highest BCUT2D eigenvalue weighted by atomic mass is 16.6. The Labute approximate surface area is 432 Å². The van der Waals surface area contributed by atoms with Crippen LogP contribution in [0.2, 0.25) is 0 Å². The smallest absolute Gasteiger partial charge is 0.295 e. The van der Waals surface area contributed by atoms with Crippen molar-refractivity contribution in [2.75, 3.05) is 14.2 Å². The lowest BCUT2D eigenvalue weighted by Gasteiger charge is -2.14. The van der Waals surface area contributed by atoms with Crippen LogP contribution in [0.25, 0.3) is 134 Å². The quantitative estimate of drug-likeness (QED) is 0.0933. The summed E-state index contributed by atoms with van der Waals surface area (Å²) in [5.74, 6) is 1.52. The minimum atomic E-state index is -0.305. The Morgan fingerprint density at radius 3 is 1.11 bits per heavy atom. The summed E-state index contributed by atoms with van der Waals surface area (Å²) in [6.07, 6.45) is 8.13. The fourth-order valence-corrected chi connectivity index (χ4v) is 11.1. The molecule has 5 heterocycles. The number of nitro groups is 1. The molecule has 11 aromatic rings. The van der Waals surface area contributed by atoms with Crippen molar-refractivity contribution in [3.63, 3.8) is 0 Å². The SMILES string of the molecule is COc1ccc2c3ccc(OC)cc3c3cc4c5[nH]c(c(-c6ccc(C)cc6)c6nc(c(-c7ccc(C)cc7)c7cc([N+](=O)[O-])c([nH]7)c(-c7ccc(C)cc7)c7nc(c5-c5ccc(C)cc5)C=C7)C=C6)c4cc3c2c1. The van der Waals surface area contributed by atoms with Gasteiger partial charge >= 0.3 is 0 Å². The molecular weight excluding hydrogens is 927 g/mol. The first-order valence-electron chi connectivity index (χ1n) is 25.0. The maximum absolute atomic E-state index is 13.5. The van der Waals surface area contributed by atoms with E-state index in [1.165, 1.54) is 0 Å². The summed E-state index contributed by atoms with van der Waals surface area (Å²) in [7, 11) is 3.41. The van der Waals surface area contributed by atoms with Crippen molar-refractivity contribution >= 4 is 95.1 Å². The van der Waals surface area contributed by atoms with E-state index >= 15 is 0 Å². The predicted molar refractivity (Wildman–Crippen MR) is 309 cm³/mol. The van der Waals surface area contributed by atoms with Gasteiger partial charge in [-0.15, -0.1) is 0 Å². The summed E-state index contributed by atoms with van der Waals surface area (Å²) < 4.78 is 11.8. The molecule has 0 saturated carbocycles. The van der Waals surface area contributed by atoms with E-state index in [1.807, 2.05) is 61.5 Å². The molecule has 2 N–H and O–H groups in total. The highest BCUT2D eigenvalue weighted by Gasteiger charge is 2.26. The first-order chi connectivity index (χ1) is 36.5. The molecule has 8 bridgehead atoms. The van der Waals surface area contributed by atoms with E-state index in [1.54, 1.807) is 20.3 Å². The number of aromatic nitrogens is 4. The fraction of sp³-hybridized carbons (Fsp3) is 0.0909. The van der Waals surface area contributed by atoms with Gasteiger partial charge < -0.3 is 19.4 Å². The number of aryl methyl sites for hydroxylation is 4. The third kappa shape index (κ3) is 7.54. The molecule has 9 heteroatoms. The molecule has 0 radical (unpaired) electrons. The monoisotopic (exact) mass is 975 g/mol. The maximum Gasteiger partial charge on any atom is 0.295 e. The molecule has 0 atom stereocenters. The average Bonchev–Trinajstić information content (AvgIpc) is 4.36. The second-order valence-electron chi connectivity index (χ2n) is 19.7. The van der Waals surface area contributed by atoms with E-state index in [2.05, 4.69) is 146 Å². The number of fused-ring (bicyclic) bond motifs is 17. The summed E-state index contributed by atoms with van der Waals surface area (Å²) in [6, 6.07) is 52.4. The van der Waals surface area contributed by atoms with Crippen LogP contribution in [0.5, 0.6) is 11.5 Å². The van der Waals surface area contributed by atoms with Crippen LogP contribution in [0.3, 0.4) is 0 Å². The van der Waals surface area contributed by atoms with Crippen molar-refractivity contribution in [1.29, 1.82) is 0 Å². The summed E-state index contributed by atoms with van der Waals surface area (Å²) >= 11 is 0. The summed E-state index contributed by atoms with van der Waals surface area (Å²) in [4.78, 5) is 32.1. The van der Waals surface area contributed by atoms with Crippen molar-refractivity contribution in [2.24, 2.45) is 0 Å². The van der Waals surface area contributed by atoms with Gasteiger partial charge in [0.15, 0.2) is 0 Å². The molecule has 3 aromatic heterocycles. The molecule has 0 fully saturated rings. The van der Waals surface area contributed by atoms with E-state index in [4.69, 9.17) is 19.4 Å². The first-order valence-corrected chi connectivity index (χ1v) is 25.0. The number of hydrogen-bond donors (Lipinski definition) is 2. The Hall–Kier alpha value is -9.60. The van der Waals surface area contributed by atoms with Crippen molar-refractivity contribution in [1.82, 2.24) is 19.9 Å². The van der Waals surface area contributed by atoms with E-state index in [-0.39, 0.29) is 10.6 Å². The Balaban J connectivity index is 1.33. The van der Waals surface area contributed by atoms with Gasteiger partial charge in [0.2, 0.25) is 0 Å². The van der Waals surface area contributed by atoms with Gasteiger partial charge in [0.05, 0.1) is 58.5 Å². The first kappa shape index (κ1) is 45.3. The number of H-pyrrole nitrogens is 2. The summed E-state index contributed by atoms with van der Waals surface area (Å²) in [6.45, 7) is 8.27. The van der Waals surface area contributed by atoms with E-state index < -0.39 is 0 Å². The molecule has 2 aliphatic heterocycles. The van der Waals surface area contributed by atoms with E-state index in [0.717, 1.165) is 133 Å². The van der Waals surface area contributed by atoms with Crippen LogP contribution in [-0.4, -0.2) is 39.1 Å². The molecular formula is C66H49N5O4. The zero-order valence-corrected chi connectivity index (χ0v) is 42.2. The lowest BCUT2D eigenvalue weighted by molar-refractivity contribution is -0.382. The Bertz CT molecular complexity index is 4470. The standard InChI is InChI=1S/C66H49N5O4/c1-36-7-15-40(16-8-36)60-54-27-28-55(67-54)61(41-17-9-37(2)10-18-41)64-52-33-50-48-31-44(74-5)23-25-46(48)47-26-24-45(75-6)32-49(47)51(50)34-53(52)65(70-64)62(42-19-11-38(3)12-20-42)56-29-30-57(68-56)63(43-21-13-39(4)14-22-43)66-59(71(72)73)35-58(60)69-66/h7-35,69-70H,1-6H3. The number of hydrogen-bond acceptors (Lipinski definition) is 6. The van der Waals surface area contributed by atoms with Crippen molar-refractivity contribution in [3.05, 3.63) is 207 Å². The van der Waals surface area contributed by atoms with Crippen molar-refractivity contribution in [2.45, 2.75) is 27.7 Å². The maximum atomic E-state index is 13.5. The predicted octanol–water partition coefficient (Wildman–Crippen LogP) is 17.1. The van der Waals surface area contributed by atoms with Gasteiger partial charge in [-0.1, -0.05) is 131 Å². The molecule has 75 heavy (non-hydrogen) atoms. The minimum Gasteiger partial charge on any atom is -0.497 e. The van der Waals surface area contributed by atoms with Gasteiger partial charge in [0, 0.05) is 39.1 Å². The number of rotatable bonds is 7. The van der Waals surface area contributed by atoms with Gasteiger partial charge in [-0.25, -0.2) is 9.97 Å². The fourth-order valence-electron chi connectivity index (χ4n) is 11.1. The van der Waals surface area contributed by atoms with Gasteiger partial charge in [-0.3, -0.25) is 10.1 Å². The van der Waals surface area contributed by atoms with Gasteiger partial charge in [-0.2, -0.15) is 0 Å². The van der Waals surface area contributed by atoms with Crippen LogP contribution >= 0.6 is 0 Å². The number of aromatic amines is 2. The van der Waals surface area contributed by atoms with E-state index in [9.17, 15) is 10.1 Å². The second-order valence-corrected chi connectivity index (χ2v) is 19.7. The Morgan fingerprint density at radius 2 is 0.733 bits per heavy atom. The number of benzene rings is 8. The third-order valence-electron chi connectivity index (χ3n) is 14.9. The lowest BCUT2D eigenvalue weighted by Crippen LogP contribution is -1.91. The molecule has 8 aromatic carbocycles. The van der Waals surface area contributed by atoms with Crippen LogP contribution in [0, 0.1) is 37.8 Å². The van der Waals surface area contributed by atoms with Gasteiger partial charge in [0.25, 0.3) is 5.69 Å². The van der Waals surface area contributed by atoms with Crippen LogP contribution < -0.4 is 9.47 Å². The van der Waals surface area contributed by atoms with Crippen LogP contribution in [0.1, 0.15) is 45.0 Å². The normalized spacial score (nSPS) is 12.1. The van der Waals surface area contributed by atoms with Crippen LogP contribution in [0.15, 0.2) is 152 Å². The molecule has 0 saturated heterocycles. The molecule has 0 aliphatic carbocycles. The molecule has 9 nitrogen and oxygen atoms in total. The van der Waals surface area contributed by atoms with Gasteiger partial charge in [-0.05, 0) is 143 Å². The zero-order valence-electron chi connectivity index (χ0n) is 42.2. The minimum absolute atomic E-state index is 0.0686. The molecule has 2 aliphatic rings. The molecule has 13 rings (SSSR count). The van der Waals surface area contributed by atoms with Crippen LogP contribution in [0.4, 0.5) is 5.69 Å². The van der Waals surface area contributed by atoms with Crippen molar-refractivity contribution < 1.29 is 14.4 Å². The Kier molecular flexibility index (Phi) is 10.6. The summed E-state index contributed by atoms with van der Waals surface area (Å²) in [5.41, 5.74) is 16.3. The Morgan fingerprint density at radius 1 is 0.387 bits per heavy atom. The highest BCUT2D eigenvalue weighted by molar-refractivity contribution is 6.30. The molecule has 0 spiro atoms. The topological polar surface area (TPSA) is 119 Å². The lowest BCUT2D eigenvalue weighted by atomic mass is 9.91. The third-order valence-corrected chi connectivity index (χ3v) is 14.9. The zero-order chi connectivity index (χ0) is 51.2. The largest absolute Gasteiger partial charge is 0.497 e. The van der Waals surface area contributed by atoms with E-state index in [0.29, 0.717) is 33.7 Å². The van der Waals surface area contributed by atoms with Crippen LogP contribution in [-0.2, 0) is 0 Å². The average molecular weight is 976 g/mol. The van der Waals surface area contributed by atoms with Gasteiger partial charge in [0.1, 0.15) is 17.0 Å². The molecule has 0 amide bonds. The van der Waals surface area contributed by atoms with Crippen molar-refractivity contribution in [3.8, 4) is 56.0 Å².